The Kier molecular flexibility index (Phi) is 9.27. The number of piperazine rings is 1. The maximum absolute atomic E-state index is 12.2. The number of nitrogens with one attached hydrogen (secondary N) is 2. The Morgan fingerprint density at radius 2 is 1.39 bits per heavy atom. The number of benzene rings is 3. The first-order valence-corrected chi connectivity index (χ1v) is 12.5. The third-order valence-electron chi connectivity index (χ3n) is 6.28. The molecule has 186 valence electrons. The van der Waals surface area contributed by atoms with Gasteiger partial charge in [-0.1, -0.05) is 84.4 Å². The highest BCUT2D eigenvalue weighted by Crippen LogP contribution is 2.29. The van der Waals surface area contributed by atoms with Crippen LogP contribution in [0.2, 0.25) is 5.02 Å². The van der Waals surface area contributed by atoms with E-state index in [1.165, 1.54) is 17.2 Å². The molecule has 1 heterocycles. The molecule has 4 rings (SSSR count). The summed E-state index contributed by atoms with van der Waals surface area (Å²) in [6.07, 6.45) is 3.36. The summed E-state index contributed by atoms with van der Waals surface area (Å²) >= 11 is 5.86. The average Bonchev–Trinajstić information content (AvgIpc) is 2.92. The first kappa shape index (κ1) is 25.6. The van der Waals surface area contributed by atoms with Crippen molar-refractivity contribution in [3.05, 3.63) is 113 Å². The van der Waals surface area contributed by atoms with Crippen molar-refractivity contribution >= 4 is 29.5 Å². The van der Waals surface area contributed by atoms with E-state index in [0.717, 1.165) is 31.7 Å². The van der Waals surface area contributed by atoms with Crippen LogP contribution in [0.5, 0.6) is 0 Å². The van der Waals surface area contributed by atoms with Crippen molar-refractivity contribution in [1.29, 1.82) is 0 Å². The predicted octanol–water partition coefficient (Wildman–Crippen LogP) is 4.30. The van der Waals surface area contributed by atoms with Crippen LogP contribution in [0.1, 0.15) is 29.2 Å². The summed E-state index contributed by atoms with van der Waals surface area (Å²) in [6, 6.07) is 28.6. The molecule has 1 aliphatic heterocycles. The quantitative estimate of drug-likeness (QED) is 0.356. The van der Waals surface area contributed by atoms with Crippen LogP contribution in [0.25, 0.3) is 6.08 Å². The standard InChI is InChI=1S/C29H31ClN4O2/c30-26-14-11-23(12-15-26)13-16-27(35)31-32-28(36)17-18-33-19-21-34(22-20-33)29(24-7-3-1-4-8-24)25-9-5-2-6-10-25/h1-16,29H,17-22H2,(H,31,35)(H,32,36)/b16-13+. The van der Waals surface area contributed by atoms with Crippen molar-refractivity contribution in [3.63, 3.8) is 0 Å². The van der Waals surface area contributed by atoms with Gasteiger partial charge in [-0.2, -0.15) is 0 Å². The molecular weight excluding hydrogens is 472 g/mol. The Balaban J connectivity index is 1.21. The van der Waals surface area contributed by atoms with Gasteiger partial charge in [-0.3, -0.25) is 25.3 Å². The van der Waals surface area contributed by atoms with Gasteiger partial charge in [0.05, 0.1) is 6.04 Å². The van der Waals surface area contributed by atoms with Crippen molar-refractivity contribution in [2.75, 3.05) is 32.7 Å². The van der Waals surface area contributed by atoms with E-state index in [9.17, 15) is 9.59 Å². The van der Waals surface area contributed by atoms with Gasteiger partial charge in [0, 0.05) is 50.2 Å². The smallest absolute Gasteiger partial charge is 0.262 e. The molecule has 1 fully saturated rings. The van der Waals surface area contributed by atoms with Crippen LogP contribution in [0.4, 0.5) is 0 Å². The monoisotopic (exact) mass is 502 g/mol. The lowest BCUT2D eigenvalue weighted by atomic mass is 9.96. The van der Waals surface area contributed by atoms with Gasteiger partial charge in [0.25, 0.3) is 5.91 Å². The molecule has 2 N–H and O–H groups in total. The van der Waals surface area contributed by atoms with E-state index in [0.29, 0.717) is 18.0 Å². The Hall–Kier alpha value is -3.45. The van der Waals surface area contributed by atoms with E-state index >= 15 is 0 Å². The minimum absolute atomic E-state index is 0.211. The van der Waals surface area contributed by atoms with E-state index in [1.807, 2.05) is 24.3 Å². The van der Waals surface area contributed by atoms with Crippen LogP contribution in [-0.2, 0) is 9.59 Å². The zero-order valence-electron chi connectivity index (χ0n) is 20.1. The lowest BCUT2D eigenvalue weighted by molar-refractivity contribution is -0.127. The molecule has 0 aliphatic carbocycles. The maximum Gasteiger partial charge on any atom is 0.262 e. The summed E-state index contributed by atoms with van der Waals surface area (Å²) < 4.78 is 0. The van der Waals surface area contributed by atoms with Gasteiger partial charge in [-0.05, 0) is 34.9 Å². The molecule has 0 saturated carbocycles. The summed E-state index contributed by atoms with van der Waals surface area (Å²) in [4.78, 5) is 29.0. The van der Waals surface area contributed by atoms with Crippen LogP contribution >= 0.6 is 11.6 Å². The zero-order valence-corrected chi connectivity index (χ0v) is 20.9. The van der Waals surface area contributed by atoms with E-state index in [2.05, 4.69) is 69.2 Å². The van der Waals surface area contributed by atoms with Gasteiger partial charge in [0.15, 0.2) is 0 Å². The summed E-state index contributed by atoms with van der Waals surface area (Å²) in [7, 11) is 0. The number of nitrogens with zero attached hydrogens (tertiary/aromatic N) is 2. The molecule has 1 saturated heterocycles. The molecule has 0 aromatic heterocycles. The highest BCUT2D eigenvalue weighted by atomic mass is 35.5. The van der Waals surface area contributed by atoms with E-state index in [1.54, 1.807) is 18.2 Å². The molecule has 6 nitrogen and oxygen atoms in total. The SMILES string of the molecule is O=C(/C=C/c1ccc(Cl)cc1)NNC(=O)CCN1CCN(C(c2ccccc2)c2ccccc2)CC1. The van der Waals surface area contributed by atoms with Crippen LogP contribution in [0.3, 0.4) is 0 Å². The number of amides is 2. The lowest BCUT2D eigenvalue weighted by Gasteiger charge is -2.39. The first-order chi connectivity index (χ1) is 17.6. The third-order valence-corrected chi connectivity index (χ3v) is 6.53. The third kappa shape index (κ3) is 7.52. The molecule has 0 unspecified atom stereocenters. The predicted molar refractivity (Wildman–Crippen MR) is 144 cm³/mol. The second-order valence-electron chi connectivity index (χ2n) is 8.77. The van der Waals surface area contributed by atoms with E-state index in [-0.39, 0.29) is 17.9 Å². The molecule has 36 heavy (non-hydrogen) atoms. The Morgan fingerprint density at radius 1 is 0.806 bits per heavy atom. The summed E-state index contributed by atoms with van der Waals surface area (Å²) in [5.74, 6) is -0.600. The summed E-state index contributed by atoms with van der Waals surface area (Å²) in [5.41, 5.74) is 8.35. The minimum Gasteiger partial charge on any atom is -0.300 e. The number of halogens is 1. The number of hydrazine groups is 1. The topological polar surface area (TPSA) is 64.7 Å². The fraction of sp³-hybridized carbons (Fsp3) is 0.241. The largest absolute Gasteiger partial charge is 0.300 e. The van der Waals surface area contributed by atoms with Crippen LogP contribution in [-0.4, -0.2) is 54.3 Å². The molecule has 3 aromatic carbocycles. The highest BCUT2D eigenvalue weighted by molar-refractivity contribution is 6.30. The van der Waals surface area contributed by atoms with Gasteiger partial charge in [-0.25, -0.2) is 0 Å². The number of rotatable bonds is 8. The Bertz CT molecular complexity index is 1110. The van der Waals surface area contributed by atoms with Gasteiger partial charge >= 0.3 is 0 Å². The highest BCUT2D eigenvalue weighted by Gasteiger charge is 2.26. The maximum atomic E-state index is 12.2. The second-order valence-corrected chi connectivity index (χ2v) is 9.21. The molecule has 0 radical (unpaired) electrons. The molecule has 0 atom stereocenters. The summed E-state index contributed by atoms with van der Waals surface area (Å²) in [5, 5.41) is 0.637. The normalized spacial score (nSPS) is 14.7. The van der Waals surface area contributed by atoms with Gasteiger partial charge in [0.2, 0.25) is 5.91 Å². The average molecular weight is 503 g/mol. The van der Waals surface area contributed by atoms with E-state index < -0.39 is 0 Å². The van der Waals surface area contributed by atoms with Crippen molar-refractivity contribution < 1.29 is 9.59 Å². The molecule has 2 amide bonds. The van der Waals surface area contributed by atoms with Crippen LogP contribution in [0.15, 0.2) is 91.0 Å². The van der Waals surface area contributed by atoms with Crippen molar-refractivity contribution in [2.45, 2.75) is 12.5 Å². The lowest BCUT2D eigenvalue weighted by Crippen LogP contribution is -2.49. The zero-order chi connectivity index (χ0) is 25.2. The Morgan fingerprint density at radius 3 is 1.97 bits per heavy atom. The van der Waals surface area contributed by atoms with Crippen LogP contribution < -0.4 is 10.9 Å². The van der Waals surface area contributed by atoms with Crippen molar-refractivity contribution in [1.82, 2.24) is 20.7 Å². The summed E-state index contributed by atoms with van der Waals surface area (Å²) in [6.45, 7) is 4.27. The molecular formula is C29H31ClN4O2. The Labute approximate surface area is 217 Å². The van der Waals surface area contributed by atoms with Gasteiger partial charge < -0.3 is 4.90 Å². The van der Waals surface area contributed by atoms with Gasteiger partial charge in [0.1, 0.15) is 0 Å². The number of carbonyl (C=O) groups excluding carboxylic acids is 2. The second kappa shape index (κ2) is 13.0. The minimum atomic E-state index is -0.389. The number of hydrogen-bond donors (Lipinski definition) is 2. The molecule has 3 aromatic rings. The fourth-order valence-electron chi connectivity index (χ4n) is 4.37. The van der Waals surface area contributed by atoms with E-state index in [4.69, 9.17) is 11.6 Å². The fourth-order valence-corrected chi connectivity index (χ4v) is 4.50. The number of hydrogen-bond acceptors (Lipinski definition) is 4. The molecule has 0 bridgehead atoms. The molecule has 7 heteroatoms. The van der Waals surface area contributed by atoms with Crippen molar-refractivity contribution in [3.8, 4) is 0 Å². The van der Waals surface area contributed by atoms with Gasteiger partial charge in [-0.15, -0.1) is 0 Å². The van der Waals surface area contributed by atoms with Crippen LogP contribution in [0, 0.1) is 0 Å². The molecule has 0 spiro atoms. The first-order valence-electron chi connectivity index (χ1n) is 12.2. The number of carbonyl (C=O) groups is 2. The van der Waals surface area contributed by atoms with Crippen molar-refractivity contribution in [2.24, 2.45) is 0 Å². The molecule has 1 aliphatic rings.